The Morgan fingerprint density at radius 2 is 1.78 bits per heavy atom. The minimum atomic E-state index is -3.47. The molecule has 0 aromatic carbocycles. The molecule has 1 aliphatic rings. The maximum atomic E-state index is 12.5. The molecule has 1 aliphatic carbocycles. The Balaban J connectivity index is 2.92. The third-order valence-electron chi connectivity index (χ3n) is 3.46. The molecular weight excluding hydrogens is 254 g/mol. The summed E-state index contributed by atoms with van der Waals surface area (Å²) in [6.07, 6.45) is 3.15. The van der Waals surface area contributed by atoms with E-state index in [4.69, 9.17) is 5.11 Å². The van der Waals surface area contributed by atoms with Gasteiger partial charge in [0.15, 0.2) is 0 Å². The van der Waals surface area contributed by atoms with Crippen LogP contribution in [0.2, 0.25) is 0 Å². The molecule has 0 heterocycles. The van der Waals surface area contributed by atoms with Gasteiger partial charge in [0.2, 0.25) is 10.0 Å². The summed E-state index contributed by atoms with van der Waals surface area (Å²) in [5.74, 6) is -1.71. The molecule has 5 nitrogen and oxygen atoms in total. The van der Waals surface area contributed by atoms with Gasteiger partial charge < -0.3 is 5.11 Å². The first-order chi connectivity index (χ1) is 8.45. The molecule has 2 atom stereocenters. The van der Waals surface area contributed by atoms with Crippen LogP contribution in [-0.4, -0.2) is 42.1 Å². The molecule has 0 saturated heterocycles. The van der Waals surface area contributed by atoms with Gasteiger partial charge in [-0.15, -0.1) is 0 Å². The van der Waals surface area contributed by atoms with Crippen LogP contribution in [0.15, 0.2) is 0 Å². The first-order valence-electron chi connectivity index (χ1n) is 6.66. The minimum absolute atomic E-state index is 0.475. The van der Waals surface area contributed by atoms with Crippen LogP contribution in [0, 0.1) is 5.92 Å². The Bertz CT molecular complexity index is 374. The highest BCUT2D eigenvalue weighted by Crippen LogP contribution is 2.33. The van der Waals surface area contributed by atoms with Crippen LogP contribution < -0.4 is 0 Å². The second-order valence-corrected chi connectivity index (χ2v) is 7.01. The number of nitrogens with zero attached hydrogens (tertiary/aromatic N) is 1. The van der Waals surface area contributed by atoms with Crippen molar-refractivity contribution in [1.82, 2.24) is 4.31 Å². The molecule has 106 valence electrons. The Morgan fingerprint density at radius 3 is 2.22 bits per heavy atom. The molecule has 1 saturated carbocycles. The number of carboxylic acids is 1. The van der Waals surface area contributed by atoms with Gasteiger partial charge in [-0.3, -0.25) is 4.79 Å². The van der Waals surface area contributed by atoms with Gasteiger partial charge in [0.25, 0.3) is 0 Å². The summed E-state index contributed by atoms with van der Waals surface area (Å²) in [5, 5.41) is 8.38. The Morgan fingerprint density at radius 1 is 1.22 bits per heavy atom. The molecule has 0 amide bonds. The van der Waals surface area contributed by atoms with Gasteiger partial charge in [-0.25, -0.2) is 12.7 Å². The lowest BCUT2D eigenvalue weighted by atomic mass is 10.1. The van der Waals surface area contributed by atoms with Gasteiger partial charge in [-0.05, 0) is 25.7 Å². The lowest BCUT2D eigenvalue weighted by Crippen LogP contribution is -2.43. The number of aliphatic carboxylic acids is 1. The summed E-state index contributed by atoms with van der Waals surface area (Å²) in [4.78, 5) is 11.1. The first kappa shape index (κ1) is 15.4. The molecule has 1 fully saturated rings. The Hall–Kier alpha value is -0.620. The SMILES string of the molecule is CCCN(CCC)S(=O)(=O)C1CCCC1C(=O)O. The molecule has 1 rings (SSSR count). The van der Waals surface area contributed by atoms with E-state index in [9.17, 15) is 13.2 Å². The van der Waals surface area contributed by atoms with Crippen LogP contribution in [-0.2, 0) is 14.8 Å². The Kier molecular flexibility index (Phi) is 5.59. The van der Waals surface area contributed by atoms with E-state index in [1.54, 1.807) is 0 Å². The van der Waals surface area contributed by atoms with E-state index in [0.29, 0.717) is 32.4 Å². The number of rotatable bonds is 7. The van der Waals surface area contributed by atoms with E-state index in [-0.39, 0.29) is 0 Å². The van der Waals surface area contributed by atoms with Crippen molar-refractivity contribution in [1.29, 1.82) is 0 Å². The maximum Gasteiger partial charge on any atom is 0.307 e. The predicted octanol–water partition coefficient (Wildman–Crippen LogP) is 1.69. The zero-order valence-electron chi connectivity index (χ0n) is 11.1. The van der Waals surface area contributed by atoms with Crippen LogP contribution in [0.4, 0.5) is 0 Å². The van der Waals surface area contributed by atoms with Gasteiger partial charge in [-0.1, -0.05) is 20.3 Å². The quantitative estimate of drug-likeness (QED) is 0.768. The molecule has 2 unspecified atom stereocenters. The molecule has 0 aromatic rings. The summed E-state index contributed by atoms with van der Waals surface area (Å²) < 4.78 is 26.5. The predicted molar refractivity (Wildman–Crippen MR) is 69.8 cm³/mol. The zero-order valence-corrected chi connectivity index (χ0v) is 11.9. The molecule has 18 heavy (non-hydrogen) atoms. The van der Waals surface area contributed by atoms with Crippen LogP contribution in [0.1, 0.15) is 46.0 Å². The van der Waals surface area contributed by atoms with E-state index < -0.39 is 27.2 Å². The van der Waals surface area contributed by atoms with E-state index in [1.165, 1.54) is 4.31 Å². The van der Waals surface area contributed by atoms with Crippen molar-refractivity contribution in [2.24, 2.45) is 5.92 Å². The van der Waals surface area contributed by atoms with E-state index >= 15 is 0 Å². The van der Waals surface area contributed by atoms with Crippen LogP contribution >= 0.6 is 0 Å². The molecule has 0 aliphatic heterocycles. The van der Waals surface area contributed by atoms with Gasteiger partial charge in [-0.2, -0.15) is 0 Å². The largest absolute Gasteiger partial charge is 0.481 e. The lowest BCUT2D eigenvalue weighted by molar-refractivity contribution is -0.141. The van der Waals surface area contributed by atoms with E-state index in [2.05, 4.69) is 0 Å². The normalized spacial score (nSPS) is 24.6. The van der Waals surface area contributed by atoms with Crippen molar-refractivity contribution in [2.45, 2.75) is 51.2 Å². The minimum Gasteiger partial charge on any atom is -0.481 e. The van der Waals surface area contributed by atoms with Crippen LogP contribution in [0.5, 0.6) is 0 Å². The molecule has 0 bridgehead atoms. The van der Waals surface area contributed by atoms with Crippen molar-refractivity contribution < 1.29 is 18.3 Å². The van der Waals surface area contributed by atoms with Gasteiger partial charge >= 0.3 is 5.97 Å². The monoisotopic (exact) mass is 277 g/mol. The highest BCUT2D eigenvalue weighted by molar-refractivity contribution is 7.89. The smallest absolute Gasteiger partial charge is 0.307 e. The number of carbonyl (C=O) groups is 1. The van der Waals surface area contributed by atoms with E-state index in [0.717, 1.165) is 12.8 Å². The fraction of sp³-hybridized carbons (Fsp3) is 0.917. The average Bonchev–Trinajstić information content (AvgIpc) is 2.78. The molecule has 0 radical (unpaired) electrons. The number of sulfonamides is 1. The van der Waals surface area contributed by atoms with Crippen molar-refractivity contribution in [3.63, 3.8) is 0 Å². The summed E-state index contributed by atoms with van der Waals surface area (Å²) in [6, 6.07) is 0. The molecular formula is C12H23NO4S. The van der Waals surface area contributed by atoms with Gasteiger partial charge in [0, 0.05) is 13.1 Å². The first-order valence-corrected chi connectivity index (χ1v) is 8.17. The van der Waals surface area contributed by atoms with Crippen LogP contribution in [0.25, 0.3) is 0 Å². The molecule has 1 N–H and O–H groups in total. The third kappa shape index (κ3) is 3.23. The average molecular weight is 277 g/mol. The number of hydrogen-bond acceptors (Lipinski definition) is 3. The van der Waals surface area contributed by atoms with Gasteiger partial charge in [0.05, 0.1) is 11.2 Å². The third-order valence-corrected chi connectivity index (χ3v) is 5.87. The number of carboxylic acid groups (broad SMARTS) is 1. The standard InChI is InChI=1S/C12H23NO4S/c1-3-8-13(9-4-2)18(16,17)11-7-5-6-10(11)12(14)15/h10-11H,3-9H2,1-2H3,(H,14,15). The summed E-state index contributed by atoms with van der Waals surface area (Å²) in [6.45, 7) is 4.83. The van der Waals surface area contributed by atoms with Crippen molar-refractivity contribution in [2.75, 3.05) is 13.1 Å². The summed E-state index contributed by atoms with van der Waals surface area (Å²) in [7, 11) is -3.47. The van der Waals surface area contributed by atoms with Crippen molar-refractivity contribution >= 4 is 16.0 Å². The van der Waals surface area contributed by atoms with Crippen LogP contribution in [0.3, 0.4) is 0 Å². The molecule has 0 aromatic heterocycles. The van der Waals surface area contributed by atoms with Crippen molar-refractivity contribution in [3.05, 3.63) is 0 Å². The highest BCUT2D eigenvalue weighted by atomic mass is 32.2. The van der Waals surface area contributed by atoms with Crippen molar-refractivity contribution in [3.8, 4) is 0 Å². The van der Waals surface area contributed by atoms with Gasteiger partial charge in [0.1, 0.15) is 0 Å². The topological polar surface area (TPSA) is 74.7 Å². The molecule has 6 heteroatoms. The lowest BCUT2D eigenvalue weighted by Gasteiger charge is -2.26. The second kappa shape index (κ2) is 6.52. The molecule has 0 spiro atoms. The Labute approximate surface area is 109 Å². The fourth-order valence-corrected chi connectivity index (χ4v) is 5.01. The van der Waals surface area contributed by atoms with E-state index in [1.807, 2.05) is 13.8 Å². The zero-order chi connectivity index (χ0) is 13.8. The summed E-state index contributed by atoms with van der Waals surface area (Å²) in [5.41, 5.74) is 0. The fourth-order valence-electron chi connectivity index (χ4n) is 2.62. The maximum absolute atomic E-state index is 12.5. The number of hydrogen-bond donors (Lipinski definition) is 1. The highest BCUT2D eigenvalue weighted by Gasteiger charge is 2.43. The second-order valence-electron chi connectivity index (χ2n) is 4.86. The summed E-state index contributed by atoms with van der Waals surface area (Å²) >= 11 is 0.